The number of hydrogen-bond donors (Lipinski definition) is 0. The normalized spacial score (nSPS) is 14.6. The summed E-state index contributed by atoms with van der Waals surface area (Å²) in [6, 6.07) is 8.66. The van der Waals surface area contributed by atoms with E-state index in [-0.39, 0.29) is 24.2 Å². The Bertz CT molecular complexity index is 1070. The van der Waals surface area contributed by atoms with Crippen molar-refractivity contribution in [1.82, 2.24) is 9.80 Å². The van der Waals surface area contributed by atoms with Gasteiger partial charge in [-0.25, -0.2) is 4.39 Å². The van der Waals surface area contributed by atoms with Gasteiger partial charge in [-0.15, -0.1) is 22.7 Å². The first-order chi connectivity index (χ1) is 14.0. The summed E-state index contributed by atoms with van der Waals surface area (Å²) in [6.45, 7) is 4.04. The Kier molecular flexibility index (Phi) is 5.67. The van der Waals surface area contributed by atoms with Crippen molar-refractivity contribution in [3.63, 3.8) is 0 Å². The molecule has 5 nitrogen and oxygen atoms in total. The zero-order valence-corrected chi connectivity index (χ0v) is 17.9. The number of benzene rings is 1. The van der Waals surface area contributed by atoms with Gasteiger partial charge in [-0.05, 0) is 31.2 Å². The molecule has 1 aliphatic rings. The lowest BCUT2D eigenvalue weighted by Crippen LogP contribution is -2.50. The average Bonchev–Trinajstić information content (AvgIpc) is 3.32. The van der Waals surface area contributed by atoms with Crippen LogP contribution in [0.4, 0.5) is 4.39 Å². The van der Waals surface area contributed by atoms with Crippen LogP contribution in [-0.4, -0.2) is 54.9 Å². The Balaban J connectivity index is 1.52. The Morgan fingerprint density at radius 2 is 1.72 bits per heavy atom. The predicted octanol–water partition coefficient (Wildman–Crippen LogP) is 4.15. The van der Waals surface area contributed by atoms with Crippen molar-refractivity contribution in [3.8, 4) is 0 Å². The van der Waals surface area contributed by atoms with Crippen LogP contribution >= 0.6 is 22.7 Å². The lowest BCUT2D eigenvalue weighted by atomic mass is 10.1. The fourth-order valence-corrected chi connectivity index (χ4v) is 5.61. The summed E-state index contributed by atoms with van der Waals surface area (Å²) in [5, 5.41) is 0.463. The molecule has 1 aliphatic heterocycles. The molecule has 0 aliphatic carbocycles. The Morgan fingerprint density at radius 3 is 2.34 bits per heavy atom. The highest BCUT2D eigenvalue weighted by atomic mass is 32.1. The van der Waals surface area contributed by atoms with Gasteiger partial charge in [-0.3, -0.25) is 9.59 Å². The topological polar surface area (TPSA) is 49.9 Å². The van der Waals surface area contributed by atoms with Gasteiger partial charge >= 0.3 is 0 Å². The second kappa shape index (κ2) is 8.22. The molecule has 4 rings (SSSR count). The molecule has 0 radical (unpaired) electrons. The quantitative estimate of drug-likeness (QED) is 0.622. The third kappa shape index (κ3) is 3.80. The Morgan fingerprint density at radius 1 is 1.03 bits per heavy atom. The standard InChI is InChI=1S/C21H21FN2O3S2/c1-13-6-7-17(28-13)20(25)23-8-10-24(11-9-23)21(26)19-14(12-27-2)18-15(22)4-3-5-16(18)29-19/h3-7H,8-12H2,1-2H3. The predicted molar refractivity (Wildman–Crippen MR) is 113 cm³/mol. The van der Waals surface area contributed by atoms with Gasteiger partial charge in [0.15, 0.2) is 0 Å². The number of rotatable bonds is 4. The maximum atomic E-state index is 14.4. The van der Waals surface area contributed by atoms with Gasteiger partial charge < -0.3 is 14.5 Å². The van der Waals surface area contributed by atoms with Crippen molar-refractivity contribution < 1.29 is 18.7 Å². The lowest BCUT2D eigenvalue weighted by molar-refractivity contribution is 0.0539. The Labute approximate surface area is 176 Å². The molecule has 0 spiro atoms. The minimum atomic E-state index is -0.341. The number of aryl methyl sites for hydroxylation is 1. The first kappa shape index (κ1) is 20.0. The molecule has 1 aromatic carbocycles. The summed E-state index contributed by atoms with van der Waals surface area (Å²) >= 11 is 2.78. The number of carbonyl (C=O) groups excluding carboxylic acids is 2. The zero-order valence-electron chi connectivity index (χ0n) is 16.2. The van der Waals surface area contributed by atoms with Crippen LogP contribution in [-0.2, 0) is 11.3 Å². The minimum absolute atomic E-state index is 0.0132. The molecule has 3 aromatic rings. The van der Waals surface area contributed by atoms with E-state index in [0.29, 0.717) is 42.0 Å². The van der Waals surface area contributed by atoms with E-state index in [1.165, 1.54) is 35.8 Å². The largest absolute Gasteiger partial charge is 0.380 e. The smallest absolute Gasteiger partial charge is 0.264 e. The molecule has 3 heterocycles. The summed E-state index contributed by atoms with van der Waals surface area (Å²) < 4.78 is 20.4. The highest BCUT2D eigenvalue weighted by Gasteiger charge is 2.29. The second-order valence-corrected chi connectivity index (χ2v) is 9.29. The number of amides is 2. The first-order valence-corrected chi connectivity index (χ1v) is 11.0. The number of halogens is 1. The van der Waals surface area contributed by atoms with Gasteiger partial charge in [0, 0.05) is 53.8 Å². The molecule has 0 unspecified atom stereocenters. The SMILES string of the molecule is COCc1c(C(=O)N2CCN(C(=O)c3ccc(C)s3)CC2)sc2cccc(F)c12. The van der Waals surface area contributed by atoms with E-state index in [2.05, 4.69) is 0 Å². The maximum Gasteiger partial charge on any atom is 0.264 e. The van der Waals surface area contributed by atoms with E-state index in [0.717, 1.165) is 14.5 Å². The molecule has 1 fully saturated rings. The monoisotopic (exact) mass is 432 g/mol. The van der Waals surface area contributed by atoms with Crippen molar-refractivity contribution in [2.45, 2.75) is 13.5 Å². The number of thiophene rings is 2. The van der Waals surface area contributed by atoms with Crippen LogP contribution in [0.15, 0.2) is 30.3 Å². The number of hydrogen-bond acceptors (Lipinski definition) is 5. The van der Waals surface area contributed by atoms with Crippen molar-refractivity contribution in [2.24, 2.45) is 0 Å². The van der Waals surface area contributed by atoms with Crippen LogP contribution in [0, 0.1) is 12.7 Å². The number of fused-ring (bicyclic) bond motifs is 1. The molecule has 0 atom stereocenters. The van der Waals surface area contributed by atoms with Crippen molar-refractivity contribution >= 4 is 44.6 Å². The zero-order chi connectivity index (χ0) is 20.5. The lowest BCUT2D eigenvalue weighted by Gasteiger charge is -2.34. The molecule has 152 valence electrons. The fourth-order valence-electron chi connectivity index (χ4n) is 3.58. The van der Waals surface area contributed by atoms with E-state index < -0.39 is 0 Å². The molecule has 1 saturated heterocycles. The van der Waals surface area contributed by atoms with Crippen LogP contribution in [0.3, 0.4) is 0 Å². The van der Waals surface area contributed by atoms with Crippen LogP contribution in [0.25, 0.3) is 10.1 Å². The van der Waals surface area contributed by atoms with Gasteiger partial charge in [-0.2, -0.15) is 0 Å². The highest BCUT2D eigenvalue weighted by Crippen LogP contribution is 2.34. The molecule has 0 bridgehead atoms. The number of piperazine rings is 1. The third-order valence-corrected chi connectivity index (χ3v) is 7.23. The molecule has 2 aromatic heterocycles. The van der Waals surface area contributed by atoms with E-state index in [1.807, 2.05) is 25.1 Å². The summed E-state index contributed by atoms with van der Waals surface area (Å²) in [5.74, 6) is -0.456. The van der Waals surface area contributed by atoms with Crippen LogP contribution in [0.2, 0.25) is 0 Å². The summed E-state index contributed by atoms with van der Waals surface area (Å²) in [5.41, 5.74) is 0.600. The summed E-state index contributed by atoms with van der Waals surface area (Å²) in [6.07, 6.45) is 0. The number of ether oxygens (including phenoxy) is 1. The molecule has 0 N–H and O–H groups in total. The van der Waals surface area contributed by atoms with E-state index >= 15 is 0 Å². The van der Waals surface area contributed by atoms with Gasteiger partial charge in [-0.1, -0.05) is 6.07 Å². The molecular weight excluding hydrogens is 411 g/mol. The van der Waals surface area contributed by atoms with Crippen molar-refractivity contribution in [2.75, 3.05) is 33.3 Å². The van der Waals surface area contributed by atoms with Crippen LogP contribution < -0.4 is 0 Å². The van der Waals surface area contributed by atoms with E-state index in [9.17, 15) is 14.0 Å². The first-order valence-electron chi connectivity index (χ1n) is 9.33. The van der Waals surface area contributed by atoms with Crippen molar-refractivity contribution in [1.29, 1.82) is 0 Å². The molecule has 8 heteroatoms. The molecule has 0 saturated carbocycles. The highest BCUT2D eigenvalue weighted by molar-refractivity contribution is 7.21. The fraction of sp³-hybridized carbons (Fsp3) is 0.333. The van der Waals surface area contributed by atoms with E-state index in [4.69, 9.17) is 4.74 Å². The van der Waals surface area contributed by atoms with Gasteiger partial charge in [0.25, 0.3) is 11.8 Å². The molecular formula is C21H21FN2O3S2. The second-order valence-electron chi connectivity index (χ2n) is 6.95. The number of carbonyl (C=O) groups is 2. The third-order valence-electron chi connectivity index (χ3n) is 5.05. The van der Waals surface area contributed by atoms with Gasteiger partial charge in [0.1, 0.15) is 5.82 Å². The maximum absolute atomic E-state index is 14.4. The summed E-state index contributed by atoms with van der Waals surface area (Å²) in [4.78, 5) is 31.7. The van der Waals surface area contributed by atoms with Crippen LogP contribution in [0.5, 0.6) is 0 Å². The van der Waals surface area contributed by atoms with Gasteiger partial charge in [0.05, 0.1) is 16.4 Å². The Hall–Kier alpha value is -2.29. The number of nitrogens with zero attached hydrogens (tertiary/aromatic N) is 2. The summed E-state index contributed by atoms with van der Waals surface area (Å²) in [7, 11) is 1.54. The van der Waals surface area contributed by atoms with Gasteiger partial charge in [0.2, 0.25) is 0 Å². The van der Waals surface area contributed by atoms with E-state index in [1.54, 1.807) is 15.9 Å². The van der Waals surface area contributed by atoms with Crippen molar-refractivity contribution in [3.05, 3.63) is 56.3 Å². The van der Waals surface area contributed by atoms with Crippen LogP contribution in [0.1, 0.15) is 29.8 Å². The molecule has 2 amide bonds. The average molecular weight is 433 g/mol. The molecule has 29 heavy (non-hydrogen) atoms. The number of methoxy groups -OCH3 is 1. The minimum Gasteiger partial charge on any atom is -0.380 e.